The van der Waals surface area contributed by atoms with Gasteiger partial charge in [0.05, 0.1) is 0 Å². The van der Waals surface area contributed by atoms with Gasteiger partial charge >= 0.3 is 0 Å². The number of nitrogens with zero attached hydrogens (tertiary/aromatic N) is 4. The zero-order valence-electron chi connectivity index (χ0n) is 10.9. The van der Waals surface area contributed by atoms with Crippen LogP contribution in [0.2, 0.25) is 0 Å². The second kappa shape index (κ2) is 4.19. The molecule has 3 N–H and O–H groups in total. The number of benzene rings is 1. The molecule has 2 aromatic heterocycles. The van der Waals surface area contributed by atoms with Crippen molar-refractivity contribution >= 4 is 22.7 Å². The van der Waals surface area contributed by atoms with Gasteiger partial charge in [-0.1, -0.05) is 24.3 Å². The van der Waals surface area contributed by atoms with Crippen molar-refractivity contribution in [1.82, 2.24) is 20.2 Å². The van der Waals surface area contributed by atoms with Gasteiger partial charge in [-0.2, -0.15) is 5.10 Å². The highest BCUT2D eigenvalue weighted by molar-refractivity contribution is 5.95. The summed E-state index contributed by atoms with van der Waals surface area (Å²) in [6, 6.07) is 8.52. The van der Waals surface area contributed by atoms with Crippen molar-refractivity contribution < 1.29 is 0 Å². The molecule has 1 aliphatic heterocycles. The average molecular weight is 266 g/mol. The van der Waals surface area contributed by atoms with Crippen LogP contribution < -0.4 is 10.6 Å². The van der Waals surface area contributed by atoms with Gasteiger partial charge in [-0.3, -0.25) is 5.10 Å². The smallest absolute Gasteiger partial charge is 0.188 e. The van der Waals surface area contributed by atoms with Crippen molar-refractivity contribution in [3.05, 3.63) is 41.7 Å². The fraction of sp³-hybridized carbons (Fsp3) is 0.214. The minimum atomic E-state index is 0.523. The maximum absolute atomic E-state index is 5.95. The Bertz CT molecular complexity index is 778. The van der Waals surface area contributed by atoms with E-state index >= 15 is 0 Å². The van der Waals surface area contributed by atoms with Gasteiger partial charge in [0.2, 0.25) is 0 Å². The number of nitrogen functional groups attached to an aromatic ring is 1. The first kappa shape index (κ1) is 11.2. The summed E-state index contributed by atoms with van der Waals surface area (Å²) in [6.45, 7) is 1.76. The zero-order chi connectivity index (χ0) is 13.5. The summed E-state index contributed by atoms with van der Waals surface area (Å²) in [5.41, 5.74) is 9.32. The van der Waals surface area contributed by atoms with E-state index in [4.69, 9.17) is 5.73 Å². The topological polar surface area (TPSA) is 83.7 Å². The molecule has 0 bridgehead atoms. The second-order valence-electron chi connectivity index (χ2n) is 4.97. The van der Waals surface area contributed by atoms with Gasteiger partial charge in [0.1, 0.15) is 23.3 Å². The Balaban J connectivity index is 1.80. The van der Waals surface area contributed by atoms with Crippen molar-refractivity contribution in [1.29, 1.82) is 0 Å². The third kappa shape index (κ3) is 1.61. The number of aromatic amines is 1. The van der Waals surface area contributed by atoms with E-state index in [0.717, 1.165) is 30.7 Å². The monoisotopic (exact) mass is 266 g/mol. The van der Waals surface area contributed by atoms with E-state index in [1.165, 1.54) is 11.1 Å². The van der Waals surface area contributed by atoms with Crippen LogP contribution in [0.25, 0.3) is 11.0 Å². The molecule has 3 heterocycles. The molecule has 0 fully saturated rings. The Labute approximate surface area is 115 Å². The van der Waals surface area contributed by atoms with Crippen LogP contribution >= 0.6 is 0 Å². The average Bonchev–Trinajstić information content (AvgIpc) is 2.88. The van der Waals surface area contributed by atoms with Gasteiger partial charge in [-0.25, -0.2) is 9.97 Å². The number of nitrogens with one attached hydrogen (secondary N) is 1. The Morgan fingerprint density at radius 3 is 2.90 bits per heavy atom. The lowest BCUT2D eigenvalue weighted by atomic mass is 10.00. The summed E-state index contributed by atoms with van der Waals surface area (Å²) >= 11 is 0. The Morgan fingerprint density at radius 1 is 1.15 bits per heavy atom. The highest BCUT2D eigenvalue weighted by Gasteiger charge is 2.21. The molecule has 1 aromatic carbocycles. The molecular formula is C14H14N6. The van der Waals surface area contributed by atoms with Gasteiger partial charge in [-0.05, 0) is 17.5 Å². The standard InChI is InChI=1S/C14H14N6/c15-12-11-13(19-18-12)16-8-17-14(11)20-6-5-9-3-1-2-4-10(9)7-20/h1-4,8H,5-7H2,(H3,15,16,17,18,19). The summed E-state index contributed by atoms with van der Waals surface area (Å²) in [6.07, 6.45) is 2.55. The van der Waals surface area contributed by atoms with Crippen molar-refractivity contribution in [2.24, 2.45) is 0 Å². The number of anilines is 2. The molecule has 20 heavy (non-hydrogen) atoms. The van der Waals surface area contributed by atoms with Crippen molar-refractivity contribution in [2.75, 3.05) is 17.2 Å². The van der Waals surface area contributed by atoms with Crippen LogP contribution in [0.4, 0.5) is 11.6 Å². The van der Waals surface area contributed by atoms with Crippen LogP contribution in [0, 0.1) is 0 Å². The van der Waals surface area contributed by atoms with Gasteiger partial charge in [0.25, 0.3) is 0 Å². The van der Waals surface area contributed by atoms with E-state index < -0.39 is 0 Å². The van der Waals surface area contributed by atoms with Gasteiger partial charge in [-0.15, -0.1) is 0 Å². The normalized spacial score (nSPS) is 14.5. The van der Waals surface area contributed by atoms with E-state index in [1.54, 1.807) is 6.33 Å². The number of fused-ring (bicyclic) bond motifs is 2. The second-order valence-corrected chi connectivity index (χ2v) is 4.97. The third-order valence-electron chi connectivity index (χ3n) is 3.79. The number of H-pyrrole nitrogens is 1. The number of hydrogen-bond donors (Lipinski definition) is 2. The van der Waals surface area contributed by atoms with Crippen molar-refractivity contribution in [3.8, 4) is 0 Å². The van der Waals surface area contributed by atoms with Crippen LogP contribution in [0.15, 0.2) is 30.6 Å². The third-order valence-corrected chi connectivity index (χ3v) is 3.79. The molecule has 6 heteroatoms. The van der Waals surface area contributed by atoms with Crippen LogP contribution in [0.1, 0.15) is 11.1 Å². The van der Waals surface area contributed by atoms with Crippen LogP contribution in [0.3, 0.4) is 0 Å². The van der Waals surface area contributed by atoms with Gasteiger partial charge < -0.3 is 10.6 Å². The lowest BCUT2D eigenvalue weighted by molar-refractivity contribution is 0.723. The lowest BCUT2D eigenvalue weighted by Crippen LogP contribution is -2.31. The minimum Gasteiger partial charge on any atom is -0.383 e. The number of nitrogens with two attached hydrogens (primary N) is 1. The predicted octanol–water partition coefficient (Wildman–Crippen LogP) is 1.50. The molecule has 100 valence electrons. The first-order valence-corrected chi connectivity index (χ1v) is 6.59. The van der Waals surface area contributed by atoms with E-state index in [9.17, 15) is 0 Å². The first-order valence-electron chi connectivity index (χ1n) is 6.59. The maximum Gasteiger partial charge on any atom is 0.188 e. The van der Waals surface area contributed by atoms with E-state index in [1.807, 2.05) is 0 Å². The molecule has 0 aliphatic carbocycles. The largest absolute Gasteiger partial charge is 0.383 e. The molecular weight excluding hydrogens is 252 g/mol. The number of aromatic nitrogens is 4. The lowest BCUT2D eigenvalue weighted by Gasteiger charge is -2.30. The Morgan fingerprint density at radius 2 is 2.00 bits per heavy atom. The van der Waals surface area contributed by atoms with Crippen LogP contribution in [0.5, 0.6) is 0 Å². The maximum atomic E-state index is 5.95. The number of hydrogen-bond acceptors (Lipinski definition) is 5. The summed E-state index contributed by atoms with van der Waals surface area (Å²) in [7, 11) is 0. The molecule has 4 rings (SSSR count). The molecule has 0 unspecified atom stereocenters. The Hall–Kier alpha value is -2.63. The first-order chi connectivity index (χ1) is 9.83. The zero-order valence-corrected chi connectivity index (χ0v) is 10.9. The quantitative estimate of drug-likeness (QED) is 0.697. The van der Waals surface area contributed by atoms with Crippen LogP contribution in [-0.4, -0.2) is 26.7 Å². The molecule has 0 saturated heterocycles. The molecule has 0 radical (unpaired) electrons. The summed E-state index contributed by atoms with van der Waals surface area (Å²) in [5, 5.41) is 7.68. The van der Waals surface area contributed by atoms with Crippen molar-refractivity contribution in [2.45, 2.75) is 13.0 Å². The fourth-order valence-corrected chi connectivity index (χ4v) is 2.78. The van der Waals surface area contributed by atoms with Gasteiger partial charge in [0, 0.05) is 13.1 Å². The molecule has 0 atom stereocenters. The Kier molecular flexibility index (Phi) is 2.35. The molecule has 0 amide bonds. The van der Waals surface area contributed by atoms with Crippen LogP contribution in [-0.2, 0) is 13.0 Å². The van der Waals surface area contributed by atoms with E-state index in [-0.39, 0.29) is 0 Å². The molecule has 0 spiro atoms. The van der Waals surface area contributed by atoms with Crippen molar-refractivity contribution in [3.63, 3.8) is 0 Å². The summed E-state index contributed by atoms with van der Waals surface area (Å²) in [4.78, 5) is 10.8. The fourth-order valence-electron chi connectivity index (χ4n) is 2.78. The van der Waals surface area contributed by atoms with Gasteiger partial charge in [0.15, 0.2) is 5.65 Å². The number of rotatable bonds is 1. The van der Waals surface area contributed by atoms with E-state index in [2.05, 4.69) is 49.3 Å². The minimum absolute atomic E-state index is 0.523. The molecule has 0 saturated carbocycles. The summed E-state index contributed by atoms with van der Waals surface area (Å²) < 4.78 is 0. The molecule has 1 aliphatic rings. The van der Waals surface area contributed by atoms with E-state index in [0.29, 0.717) is 11.5 Å². The molecule has 6 nitrogen and oxygen atoms in total. The molecule has 3 aromatic rings. The predicted molar refractivity (Wildman–Crippen MR) is 77.3 cm³/mol. The highest BCUT2D eigenvalue weighted by Crippen LogP contribution is 2.30. The SMILES string of the molecule is Nc1[nH]nc2ncnc(N3CCc4ccccc4C3)c12. The highest BCUT2D eigenvalue weighted by atomic mass is 15.2. The summed E-state index contributed by atoms with van der Waals surface area (Å²) in [5.74, 6) is 1.38.